The molecule has 1 fully saturated rings. The van der Waals surface area contributed by atoms with Gasteiger partial charge in [-0.15, -0.1) is 0 Å². The van der Waals surface area contributed by atoms with Crippen molar-refractivity contribution in [2.45, 2.75) is 25.7 Å². The Hall–Kier alpha value is -1.62. The van der Waals surface area contributed by atoms with E-state index in [9.17, 15) is 0 Å². The van der Waals surface area contributed by atoms with Crippen LogP contribution in [-0.2, 0) is 7.05 Å². The van der Waals surface area contributed by atoms with Crippen molar-refractivity contribution in [3.05, 3.63) is 22.6 Å². The molecule has 2 aromatic rings. The van der Waals surface area contributed by atoms with Crippen molar-refractivity contribution in [3.8, 4) is 17.3 Å². The monoisotopic (exact) mass is 278 g/mol. The highest BCUT2D eigenvalue weighted by Crippen LogP contribution is 2.41. The van der Waals surface area contributed by atoms with Crippen molar-refractivity contribution >= 4 is 11.6 Å². The normalized spacial score (nSPS) is 14.7. The molecule has 1 aliphatic carbocycles. The average Bonchev–Trinajstić information content (AvgIpc) is 3.14. The molecule has 6 heteroatoms. The Morgan fingerprint density at radius 1 is 1.37 bits per heavy atom. The van der Waals surface area contributed by atoms with E-state index in [4.69, 9.17) is 16.3 Å². The molecule has 0 spiro atoms. The highest BCUT2D eigenvalue weighted by Gasteiger charge is 2.27. The molecule has 1 saturated carbocycles. The minimum absolute atomic E-state index is 0.470. The van der Waals surface area contributed by atoms with Crippen molar-refractivity contribution < 1.29 is 4.74 Å². The molecule has 1 aliphatic rings. The first-order valence-electron chi connectivity index (χ1n) is 6.22. The molecule has 100 valence electrons. The third-order valence-corrected chi connectivity index (χ3v) is 3.49. The number of methoxy groups -OCH3 is 1. The summed E-state index contributed by atoms with van der Waals surface area (Å²) in [5.74, 6) is 1.78. The predicted octanol–water partition coefficient (Wildman–Crippen LogP) is 2.72. The van der Waals surface area contributed by atoms with E-state index >= 15 is 0 Å². The molecular formula is C13H15ClN4O. The van der Waals surface area contributed by atoms with Gasteiger partial charge in [0.15, 0.2) is 5.82 Å². The van der Waals surface area contributed by atoms with Gasteiger partial charge in [-0.3, -0.25) is 0 Å². The lowest BCUT2D eigenvalue weighted by molar-refractivity contribution is 0.374. The summed E-state index contributed by atoms with van der Waals surface area (Å²) in [4.78, 5) is 8.94. The molecule has 3 rings (SSSR count). The number of aromatic nitrogens is 4. The smallest absolute Gasteiger partial charge is 0.222 e. The molecule has 19 heavy (non-hydrogen) atoms. The van der Waals surface area contributed by atoms with Crippen LogP contribution in [-0.4, -0.2) is 26.9 Å². The summed E-state index contributed by atoms with van der Waals surface area (Å²) in [6.45, 7) is 1.92. The Morgan fingerprint density at radius 3 is 2.74 bits per heavy atom. The van der Waals surface area contributed by atoms with Gasteiger partial charge in [0.1, 0.15) is 10.7 Å². The van der Waals surface area contributed by atoms with E-state index in [1.807, 2.05) is 20.0 Å². The van der Waals surface area contributed by atoms with E-state index in [-0.39, 0.29) is 0 Å². The fraction of sp³-hybridized carbons (Fsp3) is 0.462. The number of aryl methyl sites for hydroxylation is 2. The number of hydrogen-bond donors (Lipinski definition) is 0. The summed E-state index contributed by atoms with van der Waals surface area (Å²) in [6.07, 6.45) is 2.35. The second-order valence-corrected chi connectivity index (χ2v) is 5.19. The van der Waals surface area contributed by atoms with Crippen molar-refractivity contribution in [3.63, 3.8) is 0 Å². The first kappa shape index (κ1) is 12.4. The molecule has 0 unspecified atom stereocenters. The van der Waals surface area contributed by atoms with Crippen LogP contribution in [0, 0.1) is 6.92 Å². The number of halogens is 1. The van der Waals surface area contributed by atoms with Crippen molar-refractivity contribution in [1.29, 1.82) is 0 Å². The SMILES string of the molecule is COc1c(-c2nc(Cl)cc(C3CC3)n2)c(C)nn1C. The zero-order valence-corrected chi connectivity index (χ0v) is 11.9. The van der Waals surface area contributed by atoms with E-state index in [2.05, 4.69) is 15.1 Å². The molecule has 0 aliphatic heterocycles. The lowest BCUT2D eigenvalue weighted by atomic mass is 10.2. The zero-order valence-electron chi connectivity index (χ0n) is 11.1. The Kier molecular flexibility index (Phi) is 2.93. The van der Waals surface area contributed by atoms with Gasteiger partial charge in [0.05, 0.1) is 12.8 Å². The molecule has 0 aromatic carbocycles. The first-order chi connectivity index (χ1) is 9.10. The molecule has 0 N–H and O–H groups in total. The highest BCUT2D eigenvalue weighted by atomic mass is 35.5. The maximum absolute atomic E-state index is 6.11. The van der Waals surface area contributed by atoms with Crippen molar-refractivity contribution in [2.75, 3.05) is 7.11 Å². The van der Waals surface area contributed by atoms with Crippen molar-refractivity contribution in [1.82, 2.24) is 19.7 Å². The molecule has 2 heterocycles. The lowest BCUT2D eigenvalue weighted by Gasteiger charge is -2.06. The standard InChI is InChI=1S/C13H15ClN4O/c1-7-11(13(19-3)18(2)17-7)12-15-9(8-4-5-8)6-10(14)16-12/h6,8H,4-5H2,1-3H3. The van der Waals surface area contributed by atoms with Crippen LogP contribution in [0.5, 0.6) is 5.88 Å². The molecule has 5 nitrogen and oxygen atoms in total. The zero-order chi connectivity index (χ0) is 13.6. The molecule has 0 atom stereocenters. The quantitative estimate of drug-likeness (QED) is 0.810. The fourth-order valence-electron chi connectivity index (χ4n) is 2.26. The van der Waals surface area contributed by atoms with Crippen LogP contribution in [0.2, 0.25) is 5.15 Å². The van der Waals surface area contributed by atoms with Gasteiger partial charge in [0.25, 0.3) is 0 Å². The number of ether oxygens (including phenoxy) is 1. The average molecular weight is 279 g/mol. The van der Waals surface area contributed by atoms with Crippen LogP contribution < -0.4 is 4.74 Å². The predicted molar refractivity (Wildman–Crippen MR) is 72.5 cm³/mol. The largest absolute Gasteiger partial charge is 0.481 e. The van der Waals surface area contributed by atoms with Crippen molar-refractivity contribution in [2.24, 2.45) is 7.05 Å². The van der Waals surface area contributed by atoms with Crippen LogP contribution in [0.3, 0.4) is 0 Å². The van der Waals surface area contributed by atoms with Gasteiger partial charge in [-0.1, -0.05) is 11.6 Å². The Bertz CT molecular complexity index is 634. The van der Waals surface area contributed by atoms with Gasteiger partial charge < -0.3 is 4.74 Å². The Labute approximate surface area is 116 Å². The summed E-state index contributed by atoms with van der Waals surface area (Å²) in [5, 5.41) is 4.82. The van der Waals surface area contributed by atoms with E-state index in [0.29, 0.717) is 22.8 Å². The molecule has 2 aromatic heterocycles. The second kappa shape index (κ2) is 4.49. The third-order valence-electron chi connectivity index (χ3n) is 3.30. The molecule has 0 bridgehead atoms. The highest BCUT2D eigenvalue weighted by molar-refractivity contribution is 6.29. The minimum atomic E-state index is 0.470. The van der Waals surface area contributed by atoms with Gasteiger partial charge in [0, 0.05) is 18.7 Å². The topological polar surface area (TPSA) is 52.8 Å². The van der Waals surface area contributed by atoms with Gasteiger partial charge in [0.2, 0.25) is 5.88 Å². The van der Waals surface area contributed by atoms with E-state index in [0.717, 1.165) is 17.0 Å². The summed E-state index contributed by atoms with van der Waals surface area (Å²) in [7, 11) is 3.45. The molecule has 0 saturated heterocycles. The van der Waals surface area contributed by atoms with Gasteiger partial charge >= 0.3 is 0 Å². The van der Waals surface area contributed by atoms with Gasteiger partial charge in [-0.05, 0) is 25.8 Å². The minimum Gasteiger partial charge on any atom is -0.481 e. The maximum Gasteiger partial charge on any atom is 0.222 e. The Balaban J connectivity index is 2.16. The second-order valence-electron chi connectivity index (χ2n) is 4.81. The van der Waals surface area contributed by atoms with E-state index in [1.165, 1.54) is 12.8 Å². The van der Waals surface area contributed by atoms with Crippen LogP contribution in [0.1, 0.15) is 30.1 Å². The van der Waals surface area contributed by atoms with Gasteiger partial charge in [-0.25, -0.2) is 14.6 Å². The summed E-state index contributed by atoms with van der Waals surface area (Å²) < 4.78 is 7.07. The first-order valence-corrected chi connectivity index (χ1v) is 6.60. The van der Waals surface area contributed by atoms with E-state index < -0.39 is 0 Å². The summed E-state index contributed by atoms with van der Waals surface area (Å²) in [5.41, 5.74) is 2.66. The van der Waals surface area contributed by atoms with Crippen LogP contribution >= 0.6 is 11.6 Å². The van der Waals surface area contributed by atoms with Gasteiger partial charge in [-0.2, -0.15) is 5.10 Å². The molecule has 0 radical (unpaired) electrons. The van der Waals surface area contributed by atoms with E-state index in [1.54, 1.807) is 11.8 Å². The van der Waals surface area contributed by atoms with Crippen LogP contribution in [0.4, 0.5) is 0 Å². The maximum atomic E-state index is 6.11. The van der Waals surface area contributed by atoms with Crippen LogP contribution in [0.25, 0.3) is 11.4 Å². The summed E-state index contributed by atoms with van der Waals surface area (Å²) in [6, 6.07) is 1.85. The number of hydrogen-bond acceptors (Lipinski definition) is 4. The lowest BCUT2D eigenvalue weighted by Crippen LogP contribution is -1.98. The number of rotatable bonds is 3. The number of nitrogens with zero attached hydrogens (tertiary/aromatic N) is 4. The molecule has 0 amide bonds. The van der Waals surface area contributed by atoms with Crippen LogP contribution in [0.15, 0.2) is 6.07 Å². The summed E-state index contributed by atoms with van der Waals surface area (Å²) >= 11 is 6.11. The Morgan fingerprint density at radius 2 is 2.11 bits per heavy atom. The third kappa shape index (κ3) is 2.18. The molecular weight excluding hydrogens is 264 g/mol. The fourth-order valence-corrected chi connectivity index (χ4v) is 2.46.